The second-order valence-electron chi connectivity index (χ2n) is 7.00. The second kappa shape index (κ2) is 3.47. The monoisotopic (exact) mass is 234 g/mol. The van der Waals surface area contributed by atoms with Crippen molar-refractivity contribution in [3.05, 3.63) is 0 Å². The molecule has 0 aromatic heterocycles. The first-order valence-electron chi connectivity index (χ1n) is 7.28. The first-order valence-corrected chi connectivity index (χ1v) is 7.28. The lowest BCUT2D eigenvalue weighted by atomic mass is 9.53. The van der Waals surface area contributed by atoms with Crippen molar-refractivity contribution in [2.45, 2.75) is 63.1 Å². The van der Waals surface area contributed by atoms with Gasteiger partial charge in [-0.3, -0.25) is 10.1 Å². The molecule has 0 aromatic rings. The van der Waals surface area contributed by atoms with E-state index >= 15 is 0 Å². The van der Waals surface area contributed by atoms with Gasteiger partial charge < -0.3 is 5.32 Å². The van der Waals surface area contributed by atoms with Gasteiger partial charge in [0, 0.05) is 12.0 Å². The zero-order valence-electron chi connectivity index (χ0n) is 10.4. The van der Waals surface area contributed by atoms with Gasteiger partial charge in [-0.25, -0.2) is 0 Å². The number of hydrogen-bond donors (Lipinski definition) is 2. The van der Waals surface area contributed by atoms with Crippen molar-refractivity contribution >= 4 is 5.91 Å². The molecule has 5 rings (SSSR count). The molecule has 4 saturated carbocycles. The molecular weight excluding hydrogens is 212 g/mol. The summed E-state index contributed by atoms with van der Waals surface area (Å²) in [4.78, 5) is 11.3. The van der Waals surface area contributed by atoms with Crippen molar-refractivity contribution in [2.75, 3.05) is 0 Å². The van der Waals surface area contributed by atoms with Crippen LogP contribution in [0.2, 0.25) is 0 Å². The van der Waals surface area contributed by atoms with Gasteiger partial charge in [-0.05, 0) is 62.7 Å². The molecule has 1 saturated heterocycles. The lowest BCUT2D eigenvalue weighted by Gasteiger charge is -2.57. The zero-order valence-corrected chi connectivity index (χ0v) is 10.4. The van der Waals surface area contributed by atoms with E-state index in [9.17, 15) is 4.79 Å². The molecule has 5 aliphatic rings. The molecule has 0 radical (unpaired) electrons. The highest BCUT2D eigenvalue weighted by Gasteiger charge is 2.51. The van der Waals surface area contributed by atoms with Gasteiger partial charge in [-0.15, -0.1) is 0 Å². The van der Waals surface area contributed by atoms with Crippen LogP contribution in [0.15, 0.2) is 0 Å². The van der Waals surface area contributed by atoms with Crippen LogP contribution in [0.1, 0.15) is 51.4 Å². The van der Waals surface area contributed by atoms with Crippen LogP contribution in [0.5, 0.6) is 0 Å². The number of amides is 1. The molecule has 94 valence electrons. The average Bonchev–Trinajstić information content (AvgIpc) is 2.60. The molecule has 1 atom stereocenters. The Morgan fingerprint density at radius 3 is 2.12 bits per heavy atom. The predicted molar refractivity (Wildman–Crippen MR) is 65.2 cm³/mol. The highest BCUT2D eigenvalue weighted by molar-refractivity contribution is 5.78. The van der Waals surface area contributed by atoms with Crippen LogP contribution < -0.4 is 10.6 Å². The standard InChI is InChI=1S/C14H22N2O/c17-13-2-1-12(15-13)16-14-6-9-3-10(7-14)5-11(4-9)8-14/h9-12,16H,1-8H2,(H,15,17). The lowest BCUT2D eigenvalue weighted by molar-refractivity contribution is -0.119. The summed E-state index contributed by atoms with van der Waals surface area (Å²) < 4.78 is 0. The van der Waals surface area contributed by atoms with Gasteiger partial charge in [0.2, 0.25) is 5.91 Å². The summed E-state index contributed by atoms with van der Waals surface area (Å²) in [5.41, 5.74) is 0.386. The molecule has 1 unspecified atom stereocenters. The maximum Gasteiger partial charge on any atom is 0.221 e. The highest BCUT2D eigenvalue weighted by Crippen LogP contribution is 2.55. The number of hydrogen-bond acceptors (Lipinski definition) is 2. The Kier molecular flexibility index (Phi) is 2.11. The van der Waals surface area contributed by atoms with Crippen LogP contribution in [0.4, 0.5) is 0 Å². The number of nitrogens with one attached hydrogen (secondary N) is 2. The average molecular weight is 234 g/mol. The fourth-order valence-electron chi connectivity index (χ4n) is 5.38. The number of rotatable bonds is 2. The SMILES string of the molecule is O=C1CCC(NC23CC4CC(CC(C4)C2)C3)N1. The third kappa shape index (κ3) is 1.70. The quantitative estimate of drug-likeness (QED) is 0.764. The Labute approximate surface area is 103 Å². The Balaban J connectivity index is 1.51. The fourth-order valence-corrected chi connectivity index (χ4v) is 5.38. The zero-order chi connectivity index (χ0) is 11.5. The molecule has 4 bridgehead atoms. The fraction of sp³-hybridized carbons (Fsp3) is 0.929. The molecule has 1 aliphatic heterocycles. The normalized spacial score (nSPS) is 51.9. The first-order chi connectivity index (χ1) is 8.21. The molecule has 5 fully saturated rings. The third-order valence-electron chi connectivity index (χ3n) is 5.51. The topological polar surface area (TPSA) is 41.1 Å². The summed E-state index contributed by atoms with van der Waals surface area (Å²) in [6, 6.07) is 0. The smallest absolute Gasteiger partial charge is 0.221 e. The minimum atomic E-state index is 0.229. The van der Waals surface area contributed by atoms with Crippen LogP contribution in [0.3, 0.4) is 0 Å². The Bertz CT molecular complexity index is 317. The van der Waals surface area contributed by atoms with Crippen LogP contribution in [-0.4, -0.2) is 17.6 Å². The number of carbonyl (C=O) groups is 1. The molecule has 1 amide bonds. The minimum Gasteiger partial charge on any atom is -0.341 e. The predicted octanol–water partition coefficient (Wildman–Crippen LogP) is 1.78. The Morgan fingerprint density at radius 1 is 1.06 bits per heavy atom. The second-order valence-corrected chi connectivity index (χ2v) is 7.00. The van der Waals surface area contributed by atoms with E-state index in [4.69, 9.17) is 0 Å². The molecule has 2 N–H and O–H groups in total. The largest absolute Gasteiger partial charge is 0.341 e. The van der Waals surface area contributed by atoms with Gasteiger partial charge in [0.25, 0.3) is 0 Å². The first kappa shape index (κ1) is 10.4. The highest BCUT2D eigenvalue weighted by atomic mass is 16.2. The number of carbonyl (C=O) groups excluding carboxylic acids is 1. The molecule has 0 spiro atoms. The van der Waals surface area contributed by atoms with Crippen LogP contribution >= 0.6 is 0 Å². The van der Waals surface area contributed by atoms with Crippen molar-refractivity contribution in [3.63, 3.8) is 0 Å². The third-order valence-corrected chi connectivity index (χ3v) is 5.51. The van der Waals surface area contributed by atoms with E-state index in [1.807, 2.05) is 0 Å². The van der Waals surface area contributed by atoms with Crippen molar-refractivity contribution in [1.29, 1.82) is 0 Å². The lowest BCUT2D eigenvalue weighted by Crippen LogP contribution is -2.62. The molecule has 17 heavy (non-hydrogen) atoms. The summed E-state index contributed by atoms with van der Waals surface area (Å²) >= 11 is 0. The molecule has 4 aliphatic carbocycles. The van der Waals surface area contributed by atoms with Crippen LogP contribution in [0, 0.1) is 17.8 Å². The van der Waals surface area contributed by atoms with Crippen molar-refractivity contribution in [1.82, 2.24) is 10.6 Å². The van der Waals surface area contributed by atoms with Gasteiger partial charge >= 0.3 is 0 Å². The summed E-state index contributed by atoms with van der Waals surface area (Å²) in [7, 11) is 0. The Morgan fingerprint density at radius 2 is 1.65 bits per heavy atom. The molecule has 1 heterocycles. The molecular formula is C14H22N2O. The molecule has 3 heteroatoms. The minimum absolute atomic E-state index is 0.229. The van der Waals surface area contributed by atoms with Crippen molar-refractivity contribution < 1.29 is 4.79 Å². The van der Waals surface area contributed by atoms with Crippen LogP contribution in [0.25, 0.3) is 0 Å². The van der Waals surface area contributed by atoms with Crippen molar-refractivity contribution in [2.24, 2.45) is 17.8 Å². The van der Waals surface area contributed by atoms with E-state index in [1.54, 1.807) is 0 Å². The van der Waals surface area contributed by atoms with E-state index in [-0.39, 0.29) is 12.1 Å². The van der Waals surface area contributed by atoms with Gasteiger partial charge in [-0.2, -0.15) is 0 Å². The Hall–Kier alpha value is -0.570. The van der Waals surface area contributed by atoms with E-state index in [0.717, 1.165) is 24.2 Å². The van der Waals surface area contributed by atoms with E-state index in [0.29, 0.717) is 12.0 Å². The van der Waals surface area contributed by atoms with E-state index < -0.39 is 0 Å². The van der Waals surface area contributed by atoms with E-state index in [2.05, 4.69) is 10.6 Å². The van der Waals surface area contributed by atoms with E-state index in [1.165, 1.54) is 38.5 Å². The van der Waals surface area contributed by atoms with Gasteiger partial charge in [-0.1, -0.05) is 0 Å². The summed E-state index contributed by atoms with van der Waals surface area (Å²) in [6.07, 6.45) is 10.5. The van der Waals surface area contributed by atoms with Gasteiger partial charge in [0.15, 0.2) is 0 Å². The maximum absolute atomic E-state index is 11.3. The summed E-state index contributed by atoms with van der Waals surface area (Å²) in [5, 5.41) is 6.90. The van der Waals surface area contributed by atoms with Crippen LogP contribution in [-0.2, 0) is 4.79 Å². The molecule has 3 nitrogen and oxygen atoms in total. The molecule has 0 aromatic carbocycles. The summed E-state index contributed by atoms with van der Waals surface area (Å²) in [5.74, 6) is 3.16. The van der Waals surface area contributed by atoms with Gasteiger partial charge in [0.05, 0.1) is 6.17 Å². The summed E-state index contributed by atoms with van der Waals surface area (Å²) in [6.45, 7) is 0. The maximum atomic E-state index is 11.3. The van der Waals surface area contributed by atoms with Crippen molar-refractivity contribution in [3.8, 4) is 0 Å². The van der Waals surface area contributed by atoms with Gasteiger partial charge in [0.1, 0.15) is 0 Å².